The third kappa shape index (κ3) is 3.30. The average molecular weight is 370 g/mol. The van der Waals surface area contributed by atoms with Crippen LogP contribution < -0.4 is 0 Å². The van der Waals surface area contributed by atoms with Gasteiger partial charge in [0.25, 0.3) is 0 Å². The summed E-state index contributed by atoms with van der Waals surface area (Å²) < 4.78 is 55.2. The molecule has 6 heteroatoms. The highest BCUT2D eigenvalue weighted by Gasteiger charge is 2.34. The lowest BCUT2D eigenvalue weighted by Gasteiger charge is -2.08. The molecule has 0 saturated heterocycles. The summed E-state index contributed by atoms with van der Waals surface area (Å²) in [6.07, 6.45) is -4.51. The van der Waals surface area contributed by atoms with Crippen molar-refractivity contribution in [3.8, 4) is 11.3 Å². The SMILES string of the molecule is Fc1ccc(-c2c3cccc(C(F)(F)F)c3nn2Cc2ccccc2)cc1. The maximum Gasteiger partial charge on any atom is 0.418 e. The molecule has 27 heavy (non-hydrogen) atoms. The lowest BCUT2D eigenvalue weighted by atomic mass is 10.0. The number of benzene rings is 3. The van der Waals surface area contributed by atoms with Crippen LogP contribution in [0.4, 0.5) is 17.6 Å². The first-order valence-corrected chi connectivity index (χ1v) is 8.30. The average Bonchev–Trinajstić information content (AvgIpc) is 3.00. The summed E-state index contributed by atoms with van der Waals surface area (Å²) in [5.74, 6) is -0.409. The summed E-state index contributed by atoms with van der Waals surface area (Å²) in [4.78, 5) is 0. The van der Waals surface area contributed by atoms with Gasteiger partial charge in [-0.3, -0.25) is 4.68 Å². The Hall–Kier alpha value is -3.15. The molecular weight excluding hydrogens is 356 g/mol. The summed E-state index contributed by atoms with van der Waals surface area (Å²) in [5.41, 5.74) is 1.15. The minimum absolute atomic E-state index is 0.111. The van der Waals surface area contributed by atoms with Crippen molar-refractivity contribution in [1.82, 2.24) is 9.78 Å². The molecule has 0 saturated carbocycles. The molecule has 0 atom stereocenters. The van der Waals surface area contributed by atoms with E-state index >= 15 is 0 Å². The number of rotatable bonds is 3. The Kier molecular flexibility index (Phi) is 4.18. The molecule has 0 fully saturated rings. The second-order valence-corrected chi connectivity index (χ2v) is 6.20. The zero-order chi connectivity index (χ0) is 19.0. The standard InChI is InChI=1S/C21H14F4N2/c22-16-11-9-15(10-12-16)20-17-7-4-8-18(21(23,24)25)19(17)26-27(20)13-14-5-2-1-3-6-14/h1-12H,13H2. The van der Waals surface area contributed by atoms with Crippen LogP contribution in [0.15, 0.2) is 72.8 Å². The molecule has 136 valence electrons. The van der Waals surface area contributed by atoms with E-state index in [1.807, 2.05) is 30.3 Å². The fourth-order valence-electron chi connectivity index (χ4n) is 3.16. The van der Waals surface area contributed by atoms with Gasteiger partial charge < -0.3 is 0 Å². The highest BCUT2D eigenvalue weighted by molar-refractivity contribution is 5.95. The summed E-state index contributed by atoms with van der Waals surface area (Å²) in [6.45, 7) is 0.305. The first-order valence-electron chi connectivity index (χ1n) is 8.30. The Morgan fingerprint density at radius 3 is 2.19 bits per heavy atom. The predicted molar refractivity (Wildman–Crippen MR) is 95.7 cm³/mol. The number of aromatic nitrogens is 2. The van der Waals surface area contributed by atoms with Crippen molar-refractivity contribution in [3.63, 3.8) is 0 Å². The van der Waals surface area contributed by atoms with Crippen molar-refractivity contribution in [3.05, 3.63) is 89.7 Å². The number of nitrogens with zero attached hydrogens (tertiary/aromatic N) is 2. The van der Waals surface area contributed by atoms with Gasteiger partial charge in [0.05, 0.1) is 17.8 Å². The molecule has 0 amide bonds. The Morgan fingerprint density at radius 1 is 0.815 bits per heavy atom. The third-order valence-electron chi connectivity index (χ3n) is 4.37. The summed E-state index contributed by atoms with van der Waals surface area (Å²) in [6, 6.07) is 19.0. The molecule has 0 unspecified atom stereocenters. The number of alkyl halides is 3. The first kappa shape index (κ1) is 17.3. The van der Waals surface area contributed by atoms with Crippen LogP contribution in [0.5, 0.6) is 0 Å². The van der Waals surface area contributed by atoms with Crippen molar-refractivity contribution in [2.24, 2.45) is 0 Å². The molecule has 0 aliphatic rings. The van der Waals surface area contributed by atoms with E-state index in [1.165, 1.54) is 18.2 Å². The maximum atomic E-state index is 13.4. The zero-order valence-electron chi connectivity index (χ0n) is 14.0. The largest absolute Gasteiger partial charge is 0.418 e. The topological polar surface area (TPSA) is 17.8 Å². The molecule has 2 nitrogen and oxygen atoms in total. The van der Waals surface area contributed by atoms with Crippen molar-refractivity contribution < 1.29 is 17.6 Å². The van der Waals surface area contributed by atoms with Crippen molar-refractivity contribution >= 4 is 10.9 Å². The molecule has 0 bridgehead atoms. The molecule has 0 N–H and O–H groups in total. The van der Waals surface area contributed by atoms with E-state index in [-0.39, 0.29) is 5.52 Å². The normalized spacial score (nSPS) is 11.9. The Labute approximate surface area is 152 Å². The Morgan fingerprint density at radius 2 is 1.52 bits per heavy atom. The molecule has 0 aliphatic heterocycles. The minimum Gasteiger partial charge on any atom is -0.259 e. The summed E-state index contributed by atoms with van der Waals surface area (Å²) in [5, 5.41) is 4.66. The van der Waals surface area contributed by atoms with Crippen LogP contribution in [0, 0.1) is 5.82 Å². The fraction of sp³-hybridized carbons (Fsp3) is 0.0952. The quantitative estimate of drug-likeness (QED) is 0.410. The smallest absolute Gasteiger partial charge is 0.259 e. The summed E-state index contributed by atoms with van der Waals surface area (Å²) in [7, 11) is 0. The van der Waals surface area contributed by atoms with E-state index in [2.05, 4.69) is 5.10 Å². The molecule has 3 aromatic carbocycles. The summed E-state index contributed by atoms with van der Waals surface area (Å²) >= 11 is 0. The second kappa shape index (κ2) is 6.54. The number of halogens is 4. The van der Waals surface area contributed by atoms with Crippen LogP contribution >= 0.6 is 0 Å². The first-order chi connectivity index (χ1) is 12.9. The number of hydrogen-bond donors (Lipinski definition) is 0. The minimum atomic E-state index is -4.51. The molecular formula is C21H14F4N2. The van der Waals surface area contributed by atoms with Gasteiger partial charge in [-0.2, -0.15) is 18.3 Å². The lowest BCUT2D eigenvalue weighted by Crippen LogP contribution is -2.06. The van der Waals surface area contributed by atoms with E-state index in [9.17, 15) is 17.6 Å². The van der Waals surface area contributed by atoms with E-state index in [0.717, 1.165) is 11.6 Å². The second-order valence-electron chi connectivity index (χ2n) is 6.20. The highest BCUT2D eigenvalue weighted by atomic mass is 19.4. The van der Waals surface area contributed by atoms with Crippen molar-refractivity contribution in [2.75, 3.05) is 0 Å². The molecule has 4 aromatic rings. The van der Waals surface area contributed by atoms with Gasteiger partial charge in [0.2, 0.25) is 0 Å². The van der Waals surface area contributed by atoms with Crippen LogP contribution in [0.1, 0.15) is 11.1 Å². The van der Waals surface area contributed by atoms with Gasteiger partial charge in [-0.25, -0.2) is 4.39 Å². The molecule has 1 aromatic heterocycles. The van der Waals surface area contributed by atoms with E-state index < -0.39 is 17.6 Å². The third-order valence-corrected chi connectivity index (χ3v) is 4.37. The van der Waals surface area contributed by atoms with Crippen LogP contribution in [0.3, 0.4) is 0 Å². The molecule has 4 rings (SSSR count). The van der Waals surface area contributed by atoms with Crippen LogP contribution in [-0.4, -0.2) is 9.78 Å². The van der Waals surface area contributed by atoms with Crippen molar-refractivity contribution in [2.45, 2.75) is 12.7 Å². The zero-order valence-corrected chi connectivity index (χ0v) is 14.0. The van der Waals surface area contributed by atoms with Gasteiger partial charge in [0.1, 0.15) is 11.3 Å². The lowest BCUT2D eigenvalue weighted by molar-refractivity contribution is -0.136. The highest BCUT2D eigenvalue weighted by Crippen LogP contribution is 2.38. The monoisotopic (exact) mass is 370 g/mol. The van der Waals surface area contributed by atoms with E-state index in [0.29, 0.717) is 23.2 Å². The van der Waals surface area contributed by atoms with E-state index in [1.54, 1.807) is 22.9 Å². The van der Waals surface area contributed by atoms with E-state index in [4.69, 9.17) is 0 Å². The van der Waals surface area contributed by atoms with Gasteiger partial charge in [-0.05, 0) is 35.9 Å². The molecule has 0 radical (unpaired) electrons. The van der Waals surface area contributed by atoms with Crippen LogP contribution in [0.25, 0.3) is 22.2 Å². The van der Waals surface area contributed by atoms with Gasteiger partial charge in [0, 0.05) is 10.9 Å². The molecule has 0 aliphatic carbocycles. The van der Waals surface area contributed by atoms with Gasteiger partial charge in [-0.15, -0.1) is 0 Å². The van der Waals surface area contributed by atoms with Gasteiger partial charge in [0.15, 0.2) is 0 Å². The van der Waals surface area contributed by atoms with Crippen LogP contribution in [0.2, 0.25) is 0 Å². The number of fused-ring (bicyclic) bond motifs is 1. The van der Waals surface area contributed by atoms with Gasteiger partial charge in [-0.1, -0.05) is 42.5 Å². The van der Waals surface area contributed by atoms with Crippen molar-refractivity contribution in [1.29, 1.82) is 0 Å². The Bertz CT molecular complexity index is 1080. The van der Waals surface area contributed by atoms with Gasteiger partial charge >= 0.3 is 6.18 Å². The predicted octanol–water partition coefficient (Wildman–Crippen LogP) is 5.91. The maximum absolute atomic E-state index is 13.4. The molecule has 0 spiro atoms. The molecule has 1 heterocycles. The van der Waals surface area contributed by atoms with Crippen LogP contribution in [-0.2, 0) is 12.7 Å². The number of hydrogen-bond acceptors (Lipinski definition) is 1. The fourth-order valence-corrected chi connectivity index (χ4v) is 3.16. The Balaban J connectivity index is 1.97.